The number of aryl methyl sites for hydroxylation is 1. The molecule has 0 spiro atoms. The molecular weight excluding hydrogens is 285 g/mol. The molecule has 4 nitrogen and oxygen atoms in total. The van der Waals surface area contributed by atoms with Gasteiger partial charge in [-0.25, -0.2) is 0 Å². The predicted molar refractivity (Wildman–Crippen MR) is 81.2 cm³/mol. The predicted octanol–water partition coefficient (Wildman–Crippen LogP) is 2.23. The van der Waals surface area contributed by atoms with Crippen LogP contribution in [0.25, 0.3) is 0 Å². The first-order valence-corrected chi connectivity index (χ1v) is 6.13. The Morgan fingerprint density at radius 2 is 1.89 bits per heavy atom. The maximum atomic E-state index is 12.0. The molecule has 6 heteroatoms. The maximum Gasteiger partial charge on any atom is 0.253 e. The van der Waals surface area contributed by atoms with E-state index in [0.717, 1.165) is 31.2 Å². The first-order valence-electron chi connectivity index (χ1n) is 6.13. The molecule has 0 atom stereocenters. The van der Waals surface area contributed by atoms with Crippen molar-refractivity contribution in [2.24, 2.45) is 5.73 Å². The molecule has 108 valence electrons. The maximum absolute atomic E-state index is 12.0. The highest BCUT2D eigenvalue weighted by Gasteiger charge is 2.20. The van der Waals surface area contributed by atoms with Gasteiger partial charge in [-0.3, -0.25) is 9.78 Å². The van der Waals surface area contributed by atoms with E-state index in [1.807, 2.05) is 13.0 Å². The minimum Gasteiger partial charge on any atom is -0.349 e. The molecule has 3 N–H and O–H groups in total. The Morgan fingerprint density at radius 1 is 1.26 bits per heavy atom. The van der Waals surface area contributed by atoms with Gasteiger partial charge in [-0.2, -0.15) is 0 Å². The molecule has 0 aliphatic heterocycles. The lowest BCUT2D eigenvalue weighted by Crippen LogP contribution is -2.40. The van der Waals surface area contributed by atoms with Crippen LogP contribution in [-0.4, -0.2) is 23.0 Å². The molecule has 1 aliphatic carbocycles. The first-order chi connectivity index (χ1) is 8.15. The lowest BCUT2D eigenvalue weighted by Gasteiger charge is -2.26. The van der Waals surface area contributed by atoms with E-state index < -0.39 is 0 Å². The number of carbonyl (C=O) groups is 1. The average Bonchev–Trinajstić information content (AvgIpc) is 2.32. The Balaban J connectivity index is 0.00000162. The van der Waals surface area contributed by atoms with Crippen LogP contribution in [0.3, 0.4) is 0 Å². The number of aromatic nitrogens is 1. The zero-order chi connectivity index (χ0) is 12.3. The number of hydrogen-bond acceptors (Lipinski definition) is 3. The highest BCUT2D eigenvalue weighted by molar-refractivity contribution is 5.94. The van der Waals surface area contributed by atoms with Gasteiger partial charge < -0.3 is 11.1 Å². The van der Waals surface area contributed by atoms with Gasteiger partial charge >= 0.3 is 0 Å². The lowest BCUT2D eigenvalue weighted by molar-refractivity contribution is 0.0925. The largest absolute Gasteiger partial charge is 0.349 e. The molecular formula is C13H21Cl2N3O. The van der Waals surface area contributed by atoms with E-state index in [9.17, 15) is 4.79 Å². The molecule has 2 rings (SSSR count). The monoisotopic (exact) mass is 305 g/mol. The average molecular weight is 306 g/mol. The highest BCUT2D eigenvalue weighted by atomic mass is 35.5. The third-order valence-electron chi connectivity index (χ3n) is 3.24. The second kappa shape index (κ2) is 8.35. The number of nitrogens with one attached hydrogen (secondary N) is 1. The molecule has 0 radical (unpaired) electrons. The summed E-state index contributed by atoms with van der Waals surface area (Å²) in [5.74, 6) is -0.0262. The summed E-state index contributed by atoms with van der Waals surface area (Å²) < 4.78 is 0. The molecule has 19 heavy (non-hydrogen) atoms. The van der Waals surface area contributed by atoms with Crippen molar-refractivity contribution in [3.8, 4) is 0 Å². The number of hydrogen-bond donors (Lipinski definition) is 2. The van der Waals surface area contributed by atoms with Crippen LogP contribution < -0.4 is 11.1 Å². The number of rotatable bonds is 2. The van der Waals surface area contributed by atoms with Gasteiger partial charge in [-0.15, -0.1) is 24.8 Å². The molecule has 0 unspecified atom stereocenters. The second-order valence-corrected chi connectivity index (χ2v) is 4.84. The van der Waals surface area contributed by atoms with Gasteiger partial charge in [-0.1, -0.05) is 0 Å². The van der Waals surface area contributed by atoms with Crippen LogP contribution in [0.2, 0.25) is 0 Å². The van der Waals surface area contributed by atoms with E-state index in [-0.39, 0.29) is 36.8 Å². The summed E-state index contributed by atoms with van der Waals surface area (Å²) in [6.07, 6.45) is 7.31. The summed E-state index contributed by atoms with van der Waals surface area (Å²) in [5.41, 5.74) is 7.48. The third-order valence-corrected chi connectivity index (χ3v) is 3.24. The molecule has 1 saturated carbocycles. The molecule has 0 saturated heterocycles. The van der Waals surface area contributed by atoms with Crippen molar-refractivity contribution in [1.29, 1.82) is 0 Å². The smallest absolute Gasteiger partial charge is 0.253 e. The van der Waals surface area contributed by atoms with Gasteiger partial charge in [0, 0.05) is 24.5 Å². The highest BCUT2D eigenvalue weighted by Crippen LogP contribution is 2.17. The van der Waals surface area contributed by atoms with Crippen LogP contribution in [0.5, 0.6) is 0 Å². The fraction of sp³-hybridized carbons (Fsp3) is 0.538. The molecule has 1 aliphatic rings. The van der Waals surface area contributed by atoms with E-state index in [2.05, 4.69) is 10.3 Å². The van der Waals surface area contributed by atoms with Gasteiger partial charge in [0.25, 0.3) is 5.91 Å². The Hall–Kier alpha value is -0.840. The van der Waals surface area contributed by atoms with Crippen molar-refractivity contribution in [3.63, 3.8) is 0 Å². The van der Waals surface area contributed by atoms with Gasteiger partial charge in [-0.05, 0) is 44.2 Å². The van der Waals surface area contributed by atoms with Crippen molar-refractivity contribution in [1.82, 2.24) is 10.3 Å². The van der Waals surface area contributed by atoms with E-state index in [1.165, 1.54) is 0 Å². The quantitative estimate of drug-likeness (QED) is 0.880. The van der Waals surface area contributed by atoms with Crippen LogP contribution in [0.1, 0.15) is 41.6 Å². The van der Waals surface area contributed by atoms with Crippen LogP contribution in [-0.2, 0) is 0 Å². The van der Waals surface area contributed by atoms with Crippen LogP contribution >= 0.6 is 24.8 Å². The summed E-state index contributed by atoms with van der Waals surface area (Å²) in [7, 11) is 0. The standard InChI is InChI=1S/C13H19N3O.2ClH/c1-9-6-10(8-15-7-9)13(17)16-12-4-2-11(14)3-5-12;;/h6-8,11-12H,2-5,14H2,1H3,(H,16,17);2*1H. The zero-order valence-corrected chi connectivity index (χ0v) is 12.6. The number of halogens is 2. The summed E-state index contributed by atoms with van der Waals surface area (Å²) in [5, 5.41) is 3.05. The van der Waals surface area contributed by atoms with Crippen molar-refractivity contribution in [2.75, 3.05) is 0 Å². The Morgan fingerprint density at radius 3 is 2.47 bits per heavy atom. The summed E-state index contributed by atoms with van der Waals surface area (Å²) in [6, 6.07) is 2.43. The number of nitrogens with two attached hydrogens (primary N) is 1. The number of carbonyl (C=O) groups excluding carboxylic acids is 1. The SMILES string of the molecule is Cc1cncc(C(=O)NC2CCC(N)CC2)c1.Cl.Cl. The van der Waals surface area contributed by atoms with Crippen LogP contribution in [0, 0.1) is 6.92 Å². The molecule has 1 aromatic heterocycles. The molecule has 1 aromatic rings. The molecule has 1 amide bonds. The fourth-order valence-electron chi connectivity index (χ4n) is 2.21. The molecule has 1 heterocycles. The van der Waals surface area contributed by atoms with E-state index >= 15 is 0 Å². The van der Waals surface area contributed by atoms with Crippen molar-refractivity contribution >= 4 is 30.7 Å². The molecule has 1 fully saturated rings. The van der Waals surface area contributed by atoms with Gasteiger partial charge in [0.05, 0.1) is 5.56 Å². The minimum atomic E-state index is -0.0262. The van der Waals surface area contributed by atoms with E-state index in [1.54, 1.807) is 12.4 Å². The van der Waals surface area contributed by atoms with Gasteiger partial charge in [0.15, 0.2) is 0 Å². The Kier molecular flexibility index (Phi) is 7.99. The van der Waals surface area contributed by atoms with Crippen LogP contribution in [0.4, 0.5) is 0 Å². The van der Waals surface area contributed by atoms with Gasteiger partial charge in [0.2, 0.25) is 0 Å². The summed E-state index contributed by atoms with van der Waals surface area (Å²) in [4.78, 5) is 16.0. The zero-order valence-electron chi connectivity index (χ0n) is 11.0. The first kappa shape index (κ1) is 18.2. The van der Waals surface area contributed by atoms with E-state index in [4.69, 9.17) is 5.73 Å². The normalized spacial score (nSPS) is 21.8. The Labute approximate surface area is 126 Å². The molecule has 0 aromatic carbocycles. The number of amides is 1. The van der Waals surface area contributed by atoms with Crippen molar-refractivity contribution < 1.29 is 4.79 Å². The number of nitrogens with zero attached hydrogens (tertiary/aromatic N) is 1. The second-order valence-electron chi connectivity index (χ2n) is 4.84. The lowest BCUT2D eigenvalue weighted by atomic mass is 9.91. The summed E-state index contributed by atoms with van der Waals surface area (Å²) in [6.45, 7) is 1.93. The minimum absolute atomic E-state index is 0. The fourth-order valence-corrected chi connectivity index (χ4v) is 2.21. The van der Waals surface area contributed by atoms with Crippen molar-refractivity contribution in [2.45, 2.75) is 44.7 Å². The van der Waals surface area contributed by atoms with Crippen LogP contribution in [0.15, 0.2) is 18.5 Å². The Bertz CT molecular complexity index is 407. The third kappa shape index (κ3) is 5.35. The topological polar surface area (TPSA) is 68.0 Å². The van der Waals surface area contributed by atoms with Gasteiger partial charge in [0.1, 0.15) is 0 Å². The van der Waals surface area contributed by atoms with Crippen molar-refractivity contribution in [3.05, 3.63) is 29.6 Å². The van der Waals surface area contributed by atoms with E-state index in [0.29, 0.717) is 11.6 Å². The summed E-state index contributed by atoms with van der Waals surface area (Å²) >= 11 is 0. The molecule has 0 bridgehead atoms. The number of pyridine rings is 1.